The van der Waals surface area contributed by atoms with Crippen molar-refractivity contribution in [1.29, 1.82) is 0 Å². The fraction of sp³-hybridized carbons (Fsp3) is 1.00. The maximum Gasteiger partial charge on any atom is 0.0774 e. The van der Waals surface area contributed by atoms with Gasteiger partial charge in [0.15, 0.2) is 0 Å². The van der Waals surface area contributed by atoms with Gasteiger partial charge in [0.2, 0.25) is 0 Å². The van der Waals surface area contributed by atoms with Gasteiger partial charge in [-0.25, -0.2) is 0 Å². The molecular weight excluding hydrogens is 271 g/mol. The molecule has 0 rings (SSSR count). The highest BCUT2D eigenvalue weighted by atomic mass is 35.5. The van der Waals surface area contributed by atoms with Crippen molar-refractivity contribution >= 4 is 54.6 Å². The van der Waals surface area contributed by atoms with Crippen molar-refractivity contribution in [3.8, 4) is 0 Å². The number of halogens is 2. The second kappa shape index (κ2) is 10.1. The van der Waals surface area contributed by atoms with Crippen LogP contribution < -0.4 is 0 Å². The molecule has 13 heavy (non-hydrogen) atoms. The molecular formula is C6H12Cl2O2S3. The summed E-state index contributed by atoms with van der Waals surface area (Å²) in [5, 5.41) is 18.1. The zero-order valence-electron chi connectivity index (χ0n) is 6.86. The number of hydrogen-bond acceptors (Lipinski definition) is 5. The molecule has 0 saturated carbocycles. The number of hydrogen-bond donors (Lipinski definition) is 2. The van der Waals surface area contributed by atoms with Crippen molar-refractivity contribution < 1.29 is 10.2 Å². The summed E-state index contributed by atoms with van der Waals surface area (Å²) in [6, 6.07) is 0. The predicted octanol–water partition coefficient (Wildman–Crippen LogP) is 2.22. The maximum atomic E-state index is 9.07. The van der Waals surface area contributed by atoms with Crippen molar-refractivity contribution in [3.63, 3.8) is 0 Å². The van der Waals surface area contributed by atoms with Crippen LogP contribution in [0.3, 0.4) is 0 Å². The first kappa shape index (κ1) is 14.6. The Kier molecular flexibility index (Phi) is 11.3. The van der Waals surface area contributed by atoms with E-state index in [9.17, 15) is 0 Å². The molecule has 7 heteroatoms. The van der Waals surface area contributed by atoms with E-state index in [4.69, 9.17) is 33.4 Å². The van der Waals surface area contributed by atoms with Gasteiger partial charge in [-0.05, 0) is 9.83 Å². The molecule has 0 aliphatic rings. The van der Waals surface area contributed by atoms with Gasteiger partial charge in [-0.2, -0.15) is 0 Å². The van der Waals surface area contributed by atoms with Crippen LogP contribution in [0.2, 0.25) is 0 Å². The average molecular weight is 283 g/mol. The van der Waals surface area contributed by atoms with Gasteiger partial charge in [-0.3, -0.25) is 0 Å². The van der Waals surface area contributed by atoms with Gasteiger partial charge in [0.05, 0.1) is 12.2 Å². The molecule has 80 valence electrons. The van der Waals surface area contributed by atoms with Crippen LogP contribution in [0.25, 0.3) is 0 Å². The van der Waals surface area contributed by atoms with Crippen molar-refractivity contribution in [2.75, 3.05) is 23.3 Å². The maximum absolute atomic E-state index is 9.07. The molecule has 0 amide bonds. The molecule has 0 spiro atoms. The lowest BCUT2D eigenvalue weighted by Gasteiger charge is -2.06. The minimum absolute atomic E-state index is 0.266. The van der Waals surface area contributed by atoms with E-state index in [-0.39, 0.29) is 11.8 Å². The van der Waals surface area contributed by atoms with Crippen molar-refractivity contribution in [3.05, 3.63) is 0 Å². The second-order valence-corrected chi connectivity index (χ2v) is 7.19. The minimum Gasteiger partial charge on any atom is -0.391 e. The molecule has 0 bridgehead atoms. The zero-order chi connectivity index (χ0) is 10.1. The average Bonchev–Trinajstić information content (AvgIpc) is 2.16. The first-order valence-corrected chi connectivity index (χ1v) is 8.49. The van der Waals surface area contributed by atoms with E-state index < -0.39 is 12.2 Å². The van der Waals surface area contributed by atoms with E-state index in [0.717, 1.165) is 0 Å². The topological polar surface area (TPSA) is 40.5 Å². The number of rotatable bonds is 8. The summed E-state index contributed by atoms with van der Waals surface area (Å²) >= 11 is 10.8. The highest BCUT2D eigenvalue weighted by Gasteiger charge is 2.04. The van der Waals surface area contributed by atoms with Crippen LogP contribution in [0, 0.1) is 0 Å². The lowest BCUT2D eigenvalue weighted by Crippen LogP contribution is -2.11. The first-order chi connectivity index (χ1) is 6.20. The Morgan fingerprint density at radius 3 is 1.62 bits per heavy atom. The summed E-state index contributed by atoms with van der Waals surface area (Å²) in [6.07, 6.45) is -0.893. The van der Waals surface area contributed by atoms with E-state index in [1.54, 1.807) is 0 Å². The Labute approximate surface area is 99.9 Å². The van der Waals surface area contributed by atoms with Gasteiger partial charge in [0.1, 0.15) is 0 Å². The van der Waals surface area contributed by atoms with Crippen LogP contribution in [0.5, 0.6) is 0 Å². The zero-order valence-corrected chi connectivity index (χ0v) is 10.8. The standard InChI is InChI=1S/C6H12Cl2O2S3/c7-1-5(9)3-11-13-12-4-6(10)2-8/h5-6,9-10H,1-4H2. The highest BCUT2D eigenvalue weighted by molar-refractivity contribution is 9.09. The molecule has 0 aromatic heterocycles. The minimum atomic E-state index is -0.447. The molecule has 2 N–H and O–H groups in total. The van der Waals surface area contributed by atoms with Gasteiger partial charge in [0, 0.05) is 23.3 Å². The summed E-state index contributed by atoms with van der Waals surface area (Å²) in [6.45, 7) is 0. The van der Waals surface area contributed by atoms with Crippen LogP contribution >= 0.6 is 54.6 Å². The molecule has 0 aliphatic carbocycles. The van der Waals surface area contributed by atoms with Gasteiger partial charge < -0.3 is 10.2 Å². The van der Waals surface area contributed by atoms with Crippen molar-refractivity contribution in [2.45, 2.75) is 12.2 Å². The van der Waals surface area contributed by atoms with Crippen molar-refractivity contribution in [2.24, 2.45) is 0 Å². The summed E-state index contributed by atoms with van der Waals surface area (Å²) in [7, 11) is 4.60. The van der Waals surface area contributed by atoms with E-state index >= 15 is 0 Å². The summed E-state index contributed by atoms with van der Waals surface area (Å²) < 4.78 is 0. The Bertz CT molecular complexity index is 108. The van der Waals surface area contributed by atoms with E-state index in [1.165, 1.54) is 31.4 Å². The molecule has 0 radical (unpaired) electrons. The molecule has 0 fully saturated rings. The normalized spacial score (nSPS) is 15.7. The third-order valence-corrected chi connectivity index (χ3v) is 6.05. The van der Waals surface area contributed by atoms with Crippen LogP contribution in [-0.4, -0.2) is 45.7 Å². The number of aliphatic hydroxyl groups excluding tert-OH is 2. The Morgan fingerprint density at radius 2 is 1.31 bits per heavy atom. The van der Waals surface area contributed by atoms with Gasteiger partial charge in [-0.1, -0.05) is 21.6 Å². The summed E-state index contributed by atoms with van der Waals surface area (Å²) in [5.41, 5.74) is 0. The third kappa shape index (κ3) is 9.85. The smallest absolute Gasteiger partial charge is 0.0774 e. The van der Waals surface area contributed by atoms with E-state index in [0.29, 0.717) is 11.5 Å². The Balaban J connectivity index is 3.08. The van der Waals surface area contributed by atoms with Crippen LogP contribution in [0.1, 0.15) is 0 Å². The second-order valence-electron chi connectivity index (χ2n) is 2.25. The molecule has 2 nitrogen and oxygen atoms in total. The Hall–Kier alpha value is 1.55. The van der Waals surface area contributed by atoms with Crippen LogP contribution in [-0.2, 0) is 0 Å². The predicted molar refractivity (Wildman–Crippen MR) is 66.0 cm³/mol. The van der Waals surface area contributed by atoms with Gasteiger partial charge in [-0.15, -0.1) is 23.2 Å². The number of aliphatic hydroxyl groups is 2. The van der Waals surface area contributed by atoms with Crippen molar-refractivity contribution in [1.82, 2.24) is 0 Å². The summed E-state index contributed by atoms with van der Waals surface area (Å²) in [4.78, 5) is 0. The van der Waals surface area contributed by atoms with Gasteiger partial charge >= 0.3 is 0 Å². The van der Waals surface area contributed by atoms with E-state index in [2.05, 4.69) is 0 Å². The quantitative estimate of drug-likeness (QED) is 0.406. The van der Waals surface area contributed by atoms with Crippen LogP contribution in [0.4, 0.5) is 0 Å². The Morgan fingerprint density at radius 1 is 0.923 bits per heavy atom. The summed E-state index contributed by atoms with van der Waals surface area (Å²) in [5.74, 6) is 1.75. The molecule has 2 unspecified atom stereocenters. The fourth-order valence-electron chi connectivity index (χ4n) is 0.336. The molecule has 0 heterocycles. The van der Waals surface area contributed by atoms with Crippen LogP contribution in [0.15, 0.2) is 0 Å². The molecule has 0 saturated heterocycles. The molecule has 2 atom stereocenters. The third-order valence-electron chi connectivity index (χ3n) is 0.973. The highest BCUT2D eigenvalue weighted by Crippen LogP contribution is 2.35. The monoisotopic (exact) mass is 282 g/mol. The number of alkyl halides is 2. The lowest BCUT2D eigenvalue weighted by molar-refractivity contribution is 0.223. The molecule has 0 aliphatic heterocycles. The van der Waals surface area contributed by atoms with E-state index in [1.807, 2.05) is 0 Å². The first-order valence-electron chi connectivity index (χ1n) is 3.59. The molecule has 0 aromatic rings. The SMILES string of the molecule is OC(CCl)CSSSCC(O)CCl. The lowest BCUT2D eigenvalue weighted by atomic mass is 10.5. The molecule has 0 aromatic carbocycles. The fourth-order valence-corrected chi connectivity index (χ4v) is 4.63. The van der Waals surface area contributed by atoms with Gasteiger partial charge in [0.25, 0.3) is 0 Å². The largest absolute Gasteiger partial charge is 0.391 e.